The molecule has 2 N–H and O–H groups in total. The maximum atomic E-state index is 5.45. The van der Waals surface area contributed by atoms with E-state index in [1.54, 1.807) is 7.11 Å². The fraction of sp³-hybridized carbons (Fsp3) is 0.696. The lowest BCUT2D eigenvalue weighted by molar-refractivity contribution is 0.214. The minimum atomic E-state index is 0. The Bertz CT molecular complexity index is 657. The van der Waals surface area contributed by atoms with Gasteiger partial charge < -0.3 is 15.4 Å². The minimum Gasteiger partial charge on any atom is -0.497 e. The summed E-state index contributed by atoms with van der Waals surface area (Å²) in [6.07, 6.45) is 5.26. The van der Waals surface area contributed by atoms with Gasteiger partial charge in [-0.2, -0.15) is 0 Å². The first-order valence-electron chi connectivity index (χ1n) is 11.2. The zero-order valence-electron chi connectivity index (χ0n) is 19.1. The van der Waals surface area contributed by atoms with Crippen LogP contribution in [0.5, 0.6) is 5.75 Å². The van der Waals surface area contributed by atoms with Crippen LogP contribution in [0, 0.1) is 0 Å². The van der Waals surface area contributed by atoms with Crippen LogP contribution in [0.15, 0.2) is 29.3 Å². The highest BCUT2D eigenvalue weighted by Crippen LogP contribution is 2.28. The summed E-state index contributed by atoms with van der Waals surface area (Å²) in [5.41, 5.74) is 1.30. The topological polar surface area (TPSA) is 52.1 Å². The van der Waals surface area contributed by atoms with Crippen molar-refractivity contribution in [2.75, 3.05) is 46.9 Å². The van der Waals surface area contributed by atoms with Gasteiger partial charge in [0.15, 0.2) is 5.96 Å². The van der Waals surface area contributed by atoms with Crippen molar-refractivity contribution in [2.24, 2.45) is 4.99 Å². The maximum absolute atomic E-state index is 5.45. The van der Waals surface area contributed by atoms with Crippen LogP contribution in [-0.4, -0.2) is 74.7 Å². The summed E-state index contributed by atoms with van der Waals surface area (Å²) in [7, 11) is 3.59. The van der Waals surface area contributed by atoms with Gasteiger partial charge in [0, 0.05) is 38.8 Å². The van der Waals surface area contributed by atoms with Gasteiger partial charge in [0.1, 0.15) is 5.75 Å². The van der Waals surface area contributed by atoms with Crippen LogP contribution in [0.1, 0.15) is 51.1 Å². The lowest BCUT2D eigenvalue weighted by Gasteiger charge is -2.29. The smallest absolute Gasteiger partial charge is 0.191 e. The number of nitrogens with one attached hydrogen (secondary N) is 2. The summed E-state index contributed by atoms with van der Waals surface area (Å²) in [5.74, 6) is 1.81. The van der Waals surface area contributed by atoms with Gasteiger partial charge in [0.2, 0.25) is 0 Å². The average Bonchev–Trinajstić information content (AvgIpc) is 3.43. The molecule has 3 rings (SSSR count). The van der Waals surface area contributed by atoms with Crippen molar-refractivity contribution in [1.82, 2.24) is 20.4 Å². The van der Waals surface area contributed by atoms with E-state index < -0.39 is 0 Å². The van der Waals surface area contributed by atoms with Crippen molar-refractivity contribution < 1.29 is 4.74 Å². The number of rotatable bonds is 10. The standard InChI is InChI=1S/C23H39N5O.HI/c1-18(2)28(20-10-11-20)15-12-25-23(24-3)26-17-22(27-13-5-6-14-27)19-8-7-9-21(16-19)29-4;/h7-9,16,18,20,22H,5-6,10-15,17H2,1-4H3,(H2,24,25,26);1H. The molecule has 1 aromatic carbocycles. The highest BCUT2D eigenvalue weighted by Gasteiger charge is 2.30. The van der Waals surface area contributed by atoms with Crippen LogP contribution in [0.4, 0.5) is 0 Å². The van der Waals surface area contributed by atoms with E-state index in [0.29, 0.717) is 12.1 Å². The quantitative estimate of drug-likeness (QED) is 0.276. The van der Waals surface area contributed by atoms with Crippen LogP contribution >= 0.6 is 24.0 Å². The summed E-state index contributed by atoms with van der Waals surface area (Å²) in [4.78, 5) is 9.62. The highest BCUT2D eigenvalue weighted by atomic mass is 127. The van der Waals surface area contributed by atoms with E-state index in [0.717, 1.165) is 50.5 Å². The van der Waals surface area contributed by atoms with Crippen molar-refractivity contribution in [3.05, 3.63) is 29.8 Å². The van der Waals surface area contributed by atoms with E-state index in [4.69, 9.17) is 4.74 Å². The Kier molecular flexibility index (Phi) is 10.7. The molecule has 1 saturated heterocycles. The molecule has 6 nitrogen and oxygen atoms in total. The third kappa shape index (κ3) is 7.27. The first-order chi connectivity index (χ1) is 14.1. The zero-order valence-corrected chi connectivity index (χ0v) is 21.4. The Morgan fingerprint density at radius 2 is 1.97 bits per heavy atom. The van der Waals surface area contributed by atoms with Gasteiger partial charge in [-0.1, -0.05) is 12.1 Å². The Morgan fingerprint density at radius 1 is 1.23 bits per heavy atom. The second-order valence-electron chi connectivity index (χ2n) is 8.48. The summed E-state index contributed by atoms with van der Waals surface area (Å²) >= 11 is 0. The molecule has 0 aromatic heterocycles. The van der Waals surface area contributed by atoms with Gasteiger partial charge in [-0.15, -0.1) is 24.0 Å². The molecule has 1 aromatic rings. The lowest BCUT2D eigenvalue weighted by atomic mass is 10.1. The third-order valence-electron chi connectivity index (χ3n) is 6.09. The van der Waals surface area contributed by atoms with Crippen LogP contribution in [0.2, 0.25) is 0 Å². The summed E-state index contributed by atoms with van der Waals surface area (Å²) in [6.45, 7) is 9.71. The van der Waals surface area contributed by atoms with E-state index >= 15 is 0 Å². The predicted molar refractivity (Wildman–Crippen MR) is 136 cm³/mol. The van der Waals surface area contributed by atoms with Gasteiger partial charge in [0.05, 0.1) is 13.2 Å². The third-order valence-corrected chi connectivity index (χ3v) is 6.09. The number of hydrogen-bond acceptors (Lipinski definition) is 4. The molecule has 1 aliphatic carbocycles. The fourth-order valence-electron chi connectivity index (χ4n) is 4.35. The van der Waals surface area contributed by atoms with E-state index in [1.807, 2.05) is 13.1 Å². The largest absolute Gasteiger partial charge is 0.497 e. The first kappa shape index (κ1) is 25.2. The van der Waals surface area contributed by atoms with E-state index in [9.17, 15) is 0 Å². The Hall–Kier alpha value is -1.06. The summed E-state index contributed by atoms with van der Waals surface area (Å²) in [6, 6.07) is 10.2. The molecular weight excluding hydrogens is 489 g/mol. The zero-order chi connectivity index (χ0) is 20.6. The molecule has 30 heavy (non-hydrogen) atoms. The number of hydrogen-bond donors (Lipinski definition) is 2. The van der Waals surface area contributed by atoms with Crippen LogP contribution in [0.3, 0.4) is 0 Å². The van der Waals surface area contributed by atoms with E-state index in [1.165, 1.54) is 31.2 Å². The molecule has 0 amide bonds. The number of aliphatic imine (C=N–C) groups is 1. The van der Waals surface area contributed by atoms with Crippen LogP contribution in [0.25, 0.3) is 0 Å². The lowest BCUT2D eigenvalue weighted by Crippen LogP contribution is -2.46. The molecule has 1 aliphatic heterocycles. The predicted octanol–water partition coefficient (Wildman–Crippen LogP) is 3.49. The molecule has 2 fully saturated rings. The SMILES string of the molecule is CN=C(NCCN(C(C)C)C1CC1)NCC(c1cccc(OC)c1)N1CCCC1.I. The number of halogens is 1. The van der Waals surface area contributed by atoms with Crippen molar-refractivity contribution in [3.63, 3.8) is 0 Å². The highest BCUT2D eigenvalue weighted by molar-refractivity contribution is 14.0. The first-order valence-corrected chi connectivity index (χ1v) is 11.2. The number of methoxy groups -OCH3 is 1. The minimum absolute atomic E-state index is 0. The number of ether oxygens (including phenoxy) is 1. The summed E-state index contributed by atoms with van der Waals surface area (Å²) < 4.78 is 5.45. The van der Waals surface area contributed by atoms with E-state index in [-0.39, 0.29) is 24.0 Å². The number of guanidine groups is 1. The molecule has 7 heteroatoms. The molecule has 1 saturated carbocycles. The molecular formula is C23H40IN5O. The molecule has 0 bridgehead atoms. The second kappa shape index (κ2) is 12.7. The van der Waals surface area contributed by atoms with Crippen molar-refractivity contribution in [1.29, 1.82) is 0 Å². The Labute approximate surface area is 199 Å². The van der Waals surface area contributed by atoms with Gasteiger partial charge in [0.25, 0.3) is 0 Å². The van der Waals surface area contributed by atoms with Crippen LogP contribution in [-0.2, 0) is 0 Å². The van der Waals surface area contributed by atoms with Gasteiger partial charge in [-0.05, 0) is 70.3 Å². The normalized spacial score (nSPS) is 18.4. The Morgan fingerprint density at radius 3 is 2.57 bits per heavy atom. The number of benzene rings is 1. The van der Waals surface area contributed by atoms with Crippen molar-refractivity contribution >= 4 is 29.9 Å². The fourth-order valence-corrected chi connectivity index (χ4v) is 4.35. The van der Waals surface area contributed by atoms with Crippen molar-refractivity contribution in [2.45, 2.75) is 57.7 Å². The van der Waals surface area contributed by atoms with Gasteiger partial charge in [-0.3, -0.25) is 14.8 Å². The number of nitrogens with zero attached hydrogens (tertiary/aromatic N) is 3. The molecule has 170 valence electrons. The molecule has 0 radical (unpaired) electrons. The van der Waals surface area contributed by atoms with Crippen molar-refractivity contribution in [3.8, 4) is 5.75 Å². The maximum Gasteiger partial charge on any atom is 0.191 e. The van der Waals surface area contributed by atoms with E-state index in [2.05, 4.69) is 57.5 Å². The molecule has 2 aliphatic rings. The number of likely N-dealkylation sites (tertiary alicyclic amines) is 1. The molecule has 1 atom stereocenters. The average molecular weight is 530 g/mol. The van der Waals surface area contributed by atoms with Gasteiger partial charge >= 0.3 is 0 Å². The molecule has 0 spiro atoms. The van der Waals surface area contributed by atoms with Crippen LogP contribution < -0.4 is 15.4 Å². The Balaban J connectivity index is 0.00000320. The molecule has 1 unspecified atom stereocenters. The van der Waals surface area contributed by atoms with Gasteiger partial charge in [-0.25, -0.2) is 0 Å². The summed E-state index contributed by atoms with van der Waals surface area (Å²) in [5, 5.41) is 7.08. The second-order valence-corrected chi connectivity index (χ2v) is 8.48. The molecule has 1 heterocycles. The monoisotopic (exact) mass is 529 g/mol.